The summed E-state index contributed by atoms with van der Waals surface area (Å²) in [4.78, 5) is 3.22. The summed E-state index contributed by atoms with van der Waals surface area (Å²) >= 11 is 0. The van der Waals surface area contributed by atoms with E-state index in [1.54, 1.807) is 0 Å². The molecular weight excluding hydrogens is 320 g/mol. The number of hydrogen-bond acceptors (Lipinski definition) is 1. The van der Waals surface area contributed by atoms with Gasteiger partial charge in [-0.15, -0.1) is 0 Å². The van der Waals surface area contributed by atoms with E-state index in [4.69, 9.17) is 0 Å². The van der Waals surface area contributed by atoms with Crippen molar-refractivity contribution in [2.75, 3.05) is 0 Å². The summed E-state index contributed by atoms with van der Waals surface area (Å²) in [6, 6.07) is 10.4. The van der Waals surface area contributed by atoms with Crippen molar-refractivity contribution in [1.29, 1.82) is 0 Å². The second-order valence-corrected chi connectivity index (χ2v) is 7.45. The van der Waals surface area contributed by atoms with Crippen LogP contribution in [0.5, 0.6) is 0 Å². The van der Waals surface area contributed by atoms with Crippen molar-refractivity contribution >= 4 is 0 Å². The molecule has 0 fully saturated rings. The van der Waals surface area contributed by atoms with Gasteiger partial charge in [0.05, 0.1) is 0 Å². The number of unbranched alkanes of at least 4 members (excludes halogenated alkanes) is 9. The molecule has 0 radical (unpaired) electrons. The van der Waals surface area contributed by atoms with Crippen LogP contribution in [-0.4, -0.2) is 10.1 Å². The number of aromatic nitrogens is 2. The van der Waals surface area contributed by atoms with E-state index < -0.39 is 6.10 Å². The van der Waals surface area contributed by atoms with Gasteiger partial charge in [0.1, 0.15) is 18.9 Å². The van der Waals surface area contributed by atoms with Gasteiger partial charge in [-0.05, 0) is 12.0 Å². The number of aliphatic hydroxyl groups excluding tert-OH is 1. The van der Waals surface area contributed by atoms with Crippen LogP contribution in [0.1, 0.15) is 95.0 Å². The van der Waals surface area contributed by atoms with Gasteiger partial charge in [-0.3, -0.25) is 0 Å². The van der Waals surface area contributed by atoms with Gasteiger partial charge in [-0.1, -0.05) is 101 Å². The quantitative estimate of drug-likeness (QED) is 0.331. The molecule has 3 nitrogen and oxygen atoms in total. The number of nitrogens with one attached hydrogen (secondary N) is 1. The van der Waals surface area contributed by atoms with Crippen molar-refractivity contribution in [3.63, 3.8) is 0 Å². The first-order valence-corrected chi connectivity index (χ1v) is 10.6. The third kappa shape index (κ3) is 7.74. The molecule has 1 aromatic heterocycles. The van der Waals surface area contributed by atoms with Crippen LogP contribution in [0.25, 0.3) is 0 Å². The molecule has 1 aromatic carbocycles. The first-order valence-electron chi connectivity index (χ1n) is 10.6. The Labute approximate surface area is 159 Å². The number of nitrogens with zero attached hydrogens (tertiary/aromatic N) is 1. The Bertz CT molecular complexity index is 579. The van der Waals surface area contributed by atoms with Gasteiger partial charge >= 0.3 is 0 Å². The molecule has 0 amide bonds. The molecule has 2 N–H and O–H groups in total. The Morgan fingerprint density at radius 3 is 2.15 bits per heavy atom. The number of aromatic amines is 1. The Kier molecular flexibility index (Phi) is 10.1. The van der Waals surface area contributed by atoms with Crippen LogP contribution in [0.2, 0.25) is 0 Å². The predicted molar refractivity (Wildman–Crippen MR) is 108 cm³/mol. The Balaban J connectivity index is 1.60. The second-order valence-electron chi connectivity index (χ2n) is 7.45. The minimum atomic E-state index is -0.400. The maximum absolute atomic E-state index is 10.5. The molecular formula is C23H37N2O+. The maximum atomic E-state index is 10.5. The fraction of sp³-hybridized carbons (Fsp3) is 0.609. The summed E-state index contributed by atoms with van der Waals surface area (Å²) in [5, 5.41) is 10.5. The number of aliphatic hydroxyl groups is 1. The molecule has 0 saturated heterocycles. The van der Waals surface area contributed by atoms with Crippen LogP contribution < -0.4 is 4.57 Å². The first kappa shape index (κ1) is 20.7. The largest absolute Gasteiger partial charge is 0.380 e. The molecule has 144 valence electrons. The zero-order valence-corrected chi connectivity index (χ0v) is 16.5. The van der Waals surface area contributed by atoms with E-state index in [2.05, 4.69) is 40.7 Å². The molecule has 26 heavy (non-hydrogen) atoms. The van der Waals surface area contributed by atoms with Gasteiger partial charge in [0.2, 0.25) is 0 Å². The lowest BCUT2D eigenvalue weighted by Crippen LogP contribution is -2.38. The molecule has 0 spiro atoms. The average Bonchev–Trinajstić information content (AvgIpc) is 3.12. The van der Waals surface area contributed by atoms with Gasteiger partial charge in [-0.25, -0.2) is 9.55 Å². The second kappa shape index (κ2) is 12.7. The highest BCUT2D eigenvalue weighted by molar-refractivity contribution is 5.13. The Morgan fingerprint density at radius 1 is 0.885 bits per heavy atom. The van der Waals surface area contributed by atoms with Crippen LogP contribution in [-0.2, 0) is 6.54 Å². The highest BCUT2D eigenvalue weighted by atomic mass is 16.3. The lowest BCUT2D eigenvalue weighted by molar-refractivity contribution is -0.698. The highest BCUT2D eigenvalue weighted by Crippen LogP contribution is 2.17. The van der Waals surface area contributed by atoms with E-state index in [0.29, 0.717) is 0 Å². The van der Waals surface area contributed by atoms with Crippen molar-refractivity contribution in [2.45, 2.75) is 90.2 Å². The summed E-state index contributed by atoms with van der Waals surface area (Å²) in [6.07, 6.45) is 17.6. The molecule has 1 atom stereocenters. The summed E-state index contributed by atoms with van der Waals surface area (Å²) < 4.78 is 2.12. The van der Waals surface area contributed by atoms with Crippen LogP contribution in [0.15, 0.2) is 42.7 Å². The minimum absolute atomic E-state index is 0.400. The number of hydrogen-bond donors (Lipinski definition) is 2. The van der Waals surface area contributed by atoms with Crippen LogP contribution >= 0.6 is 0 Å². The predicted octanol–water partition coefficient (Wildman–Crippen LogP) is 5.69. The van der Waals surface area contributed by atoms with Gasteiger partial charge in [0.15, 0.2) is 6.10 Å². The number of imidazole rings is 1. The van der Waals surface area contributed by atoms with Crippen LogP contribution in [0.4, 0.5) is 0 Å². The molecule has 1 heterocycles. The number of rotatable bonds is 14. The number of benzene rings is 1. The van der Waals surface area contributed by atoms with E-state index in [-0.39, 0.29) is 0 Å². The summed E-state index contributed by atoms with van der Waals surface area (Å²) in [7, 11) is 0. The average molecular weight is 358 g/mol. The van der Waals surface area contributed by atoms with Crippen molar-refractivity contribution in [2.24, 2.45) is 0 Å². The van der Waals surface area contributed by atoms with Gasteiger partial charge in [-0.2, -0.15) is 0 Å². The van der Waals surface area contributed by atoms with E-state index in [1.165, 1.54) is 63.4 Å². The minimum Gasteiger partial charge on any atom is -0.380 e. The summed E-state index contributed by atoms with van der Waals surface area (Å²) in [5.74, 6) is 0.921. The van der Waals surface area contributed by atoms with E-state index >= 15 is 0 Å². The van der Waals surface area contributed by atoms with Crippen molar-refractivity contribution in [1.82, 2.24) is 4.98 Å². The van der Waals surface area contributed by atoms with E-state index in [0.717, 1.165) is 25.2 Å². The van der Waals surface area contributed by atoms with Gasteiger partial charge in [0, 0.05) is 0 Å². The molecule has 0 aliphatic heterocycles. The Hall–Kier alpha value is -1.61. The lowest BCUT2D eigenvalue weighted by Gasteiger charge is -2.08. The third-order valence-electron chi connectivity index (χ3n) is 5.14. The zero-order valence-electron chi connectivity index (χ0n) is 16.5. The van der Waals surface area contributed by atoms with Gasteiger partial charge in [0.25, 0.3) is 5.82 Å². The first-order chi connectivity index (χ1) is 12.8. The molecule has 1 unspecified atom stereocenters. The highest BCUT2D eigenvalue weighted by Gasteiger charge is 2.20. The molecule has 2 rings (SSSR count). The van der Waals surface area contributed by atoms with Crippen molar-refractivity contribution in [3.05, 3.63) is 54.1 Å². The van der Waals surface area contributed by atoms with Crippen molar-refractivity contribution < 1.29 is 9.67 Å². The van der Waals surface area contributed by atoms with Crippen molar-refractivity contribution in [3.8, 4) is 0 Å². The fourth-order valence-corrected chi connectivity index (χ4v) is 3.54. The molecule has 0 aliphatic carbocycles. The third-order valence-corrected chi connectivity index (χ3v) is 5.14. The summed E-state index contributed by atoms with van der Waals surface area (Å²) in [5.41, 5.74) is 1.25. The topological polar surface area (TPSA) is 39.9 Å². The molecule has 3 heteroatoms. The molecule has 0 saturated carbocycles. The fourth-order valence-electron chi connectivity index (χ4n) is 3.54. The lowest BCUT2D eigenvalue weighted by atomic mass is 10.0. The van der Waals surface area contributed by atoms with Crippen LogP contribution in [0, 0.1) is 0 Å². The molecule has 0 aliphatic rings. The molecule has 0 bridgehead atoms. The SMILES string of the molecule is CCCCCCCCCCCCC(O)c1[nH]cc[n+]1Cc1ccccc1. The monoisotopic (exact) mass is 357 g/mol. The summed E-state index contributed by atoms with van der Waals surface area (Å²) in [6.45, 7) is 3.07. The van der Waals surface area contributed by atoms with E-state index in [1.807, 2.05) is 18.5 Å². The van der Waals surface area contributed by atoms with Crippen LogP contribution in [0.3, 0.4) is 0 Å². The number of H-pyrrole nitrogens is 1. The smallest absolute Gasteiger partial charge is 0.283 e. The Morgan fingerprint density at radius 2 is 1.50 bits per heavy atom. The maximum Gasteiger partial charge on any atom is 0.283 e. The molecule has 2 aromatic rings. The van der Waals surface area contributed by atoms with Gasteiger partial charge < -0.3 is 5.11 Å². The standard InChI is InChI=1S/C23H36N2O/c1-2-3-4-5-6-7-8-9-10-14-17-22(26)23-24-18-19-25(23)20-21-15-12-11-13-16-21/h11-13,15-16,18-19,22,26H,2-10,14,17,20H2,1H3/p+1. The zero-order chi connectivity index (χ0) is 18.5. The van der Waals surface area contributed by atoms with E-state index in [9.17, 15) is 5.11 Å². The normalized spacial score (nSPS) is 12.4.